The number of nitrogens with two attached hydrogens (primary N) is 1. The molecule has 1 aliphatic rings. The van der Waals surface area contributed by atoms with E-state index in [1.54, 1.807) is 6.07 Å². The third kappa shape index (κ3) is 4.11. The average Bonchev–Trinajstić information content (AvgIpc) is 2.67. The van der Waals surface area contributed by atoms with E-state index < -0.39 is 5.82 Å². The topological polar surface area (TPSA) is 64.3 Å². The molecule has 1 amide bonds. The zero-order chi connectivity index (χ0) is 14.4. The first-order valence-electron chi connectivity index (χ1n) is 7.13. The number of halogens is 1. The molecule has 5 heteroatoms. The molecule has 1 fully saturated rings. The average molecular weight is 280 g/mol. The summed E-state index contributed by atoms with van der Waals surface area (Å²) in [4.78, 5) is 11.8. The Bertz CT molecular complexity index is 437. The van der Waals surface area contributed by atoms with Crippen LogP contribution >= 0.6 is 0 Å². The predicted molar refractivity (Wildman–Crippen MR) is 75.9 cm³/mol. The highest BCUT2D eigenvalue weighted by Crippen LogP contribution is 2.24. The molecule has 20 heavy (non-hydrogen) atoms. The number of carbonyl (C=O) groups excluding carboxylic acids is 1. The molecule has 0 unspecified atom stereocenters. The minimum absolute atomic E-state index is 0.0523. The number of anilines is 1. The van der Waals surface area contributed by atoms with Crippen LogP contribution in [0.5, 0.6) is 5.75 Å². The summed E-state index contributed by atoms with van der Waals surface area (Å²) in [6.07, 6.45) is 6.77. The SMILES string of the molecule is Nc1cccc(F)c1OCC(=O)NC1CCCCCC1. The minimum atomic E-state index is -0.549. The maximum Gasteiger partial charge on any atom is 0.258 e. The van der Waals surface area contributed by atoms with Gasteiger partial charge < -0.3 is 15.8 Å². The lowest BCUT2D eigenvalue weighted by molar-refractivity contribution is -0.123. The third-order valence-corrected chi connectivity index (χ3v) is 3.57. The van der Waals surface area contributed by atoms with Gasteiger partial charge in [0, 0.05) is 6.04 Å². The molecule has 2 rings (SSSR count). The molecular weight excluding hydrogens is 259 g/mol. The standard InChI is InChI=1S/C15H21FN2O2/c16-12-8-5-9-13(17)15(12)20-10-14(19)18-11-6-3-1-2-4-7-11/h5,8-9,11H,1-4,6-7,10,17H2,(H,18,19). The summed E-state index contributed by atoms with van der Waals surface area (Å²) >= 11 is 0. The Hall–Kier alpha value is -1.78. The van der Waals surface area contributed by atoms with Crippen molar-refractivity contribution < 1.29 is 13.9 Å². The second-order valence-electron chi connectivity index (χ2n) is 5.20. The van der Waals surface area contributed by atoms with Gasteiger partial charge in [-0.25, -0.2) is 4.39 Å². The van der Waals surface area contributed by atoms with E-state index in [-0.39, 0.29) is 30.0 Å². The molecule has 0 saturated heterocycles. The van der Waals surface area contributed by atoms with Crippen molar-refractivity contribution in [2.45, 2.75) is 44.6 Å². The number of nitrogens with one attached hydrogen (secondary N) is 1. The minimum Gasteiger partial charge on any atom is -0.479 e. The maximum atomic E-state index is 13.5. The van der Waals surface area contributed by atoms with Gasteiger partial charge in [0.2, 0.25) is 0 Å². The molecule has 0 radical (unpaired) electrons. The summed E-state index contributed by atoms with van der Waals surface area (Å²) in [5, 5.41) is 2.94. The number of rotatable bonds is 4. The van der Waals surface area contributed by atoms with E-state index >= 15 is 0 Å². The van der Waals surface area contributed by atoms with Crippen LogP contribution < -0.4 is 15.8 Å². The predicted octanol–water partition coefficient (Wildman–Crippen LogP) is 2.63. The van der Waals surface area contributed by atoms with Crippen LogP contribution in [0.1, 0.15) is 38.5 Å². The highest BCUT2D eigenvalue weighted by atomic mass is 19.1. The van der Waals surface area contributed by atoms with Gasteiger partial charge in [0.15, 0.2) is 18.2 Å². The second-order valence-corrected chi connectivity index (χ2v) is 5.20. The Morgan fingerprint density at radius 1 is 1.30 bits per heavy atom. The summed E-state index contributed by atoms with van der Waals surface area (Å²) in [7, 11) is 0. The number of ether oxygens (including phenoxy) is 1. The van der Waals surface area contributed by atoms with Crippen molar-refractivity contribution in [2.75, 3.05) is 12.3 Å². The van der Waals surface area contributed by atoms with Crippen LogP contribution in [0.3, 0.4) is 0 Å². The Morgan fingerprint density at radius 2 is 2.00 bits per heavy atom. The summed E-state index contributed by atoms with van der Waals surface area (Å²) < 4.78 is 18.7. The van der Waals surface area contributed by atoms with Crippen molar-refractivity contribution in [3.63, 3.8) is 0 Å². The Labute approximate surface area is 118 Å². The van der Waals surface area contributed by atoms with Crippen LogP contribution in [0, 0.1) is 5.82 Å². The van der Waals surface area contributed by atoms with Crippen LogP contribution in [0.15, 0.2) is 18.2 Å². The van der Waals surface area contributed by atoms with Gasteiger partial charge >= 0.3 is 0 Å². The number of benzene rings is 1. The normalized spacial score (nSPS) is 16.4. The molecule has 0 heterocycles. The smallest absolute Gasteiger partial charge is 0.258 e. The first-order chi connectivity index (χ1) is 9.66. The second kappa shape index (κ2) is 7.12. The van der Waals surface area contributed by atoms with E-state index in [0.717, 1.165) is 25.7 Å². The van der Waals surface area contributed by atoms with Crippen molar-refractivity contribution in [2.24, 2.45) is 0 Å². The molecule has 0 aromatic heterocycles. The molecule has 1 aromatic rings. The number of nitrogen functional groups attached to an aromatic ring is 1. The third-order valence-electron chi connectivity index (χ3n) is 3.57. The van der Waals surface area contributed by atoms with E-state index in [0.29, 0.717) is 0 Å². The molecule has 0 atom stereocenters. The largest absolute Gasteiger partial charge is 0.479 e. The molecule has 1 saturated carbocycles. The fraction of sp³-hybridized carbons (Fsp3) is 0.533. The first-order valence-corrected chi connectivity index (χ1v) is 7.13. The summed E-state index contributed by atoms with van der Waals surface area (Å²) in [5.74, 6) is -0.824. The molecule has 0 aliphatic heterocycles. The van der Waals surface area contributed by atoms with Crippen LogP contribution in [0.4, 0.5) is 10.1 Å². The molecule has 110 valence electrons. The quantitative estimate of drug-likeness (QED) is 0.658. The maximum absolute atomic E-state index is 13.5. The number of amides is 1. The summed E-state index contributed by atoms with van der Waals surface area (Å²) in [6.45, 7) is -0.207. The van der Waals surface area contributed by atoms with Gasteiger partial charge in [-0.05, 0) is 25.0 Å². The van der Waals surface area contributed by atoms with Gasteiger partial charge in [0.05, 0.1) is 5.69 Å². The number of para-hydroxylation sites is 1. The van der Waals surface area contributed by atoms with E-state index in [1.807, 2.05) is 0 Å². The summed E-state index contributed by atoms with van der Waals surface area (Å²) in [5.41, 5.74) is 5.82. The number of hydrogen-bond acceptors (Lipinski definition) is 3. The lowest BCUT2D eigenvalue weighted by atomic mass is 10.1. The monoisotopic (exact) mass is 280 g/mol. The van der Waals surface area contributed by atoms with E-state index in [2.05, 4.69) is 5.32 Å². The van der Waals surface area contributed by atoms with Gasteiger partial charge in [0.25, 0.3) is 5.91 Å². The van der Waals surface area contributed by atoms with E-state index in [4.69, 9.17) is 10.5 Å². The number of hydrogen-bond donors (Lipinski definition) is 2. The van der Waals surface area contributed by atoms with Gasteiger partial charge in [-0.3, -0.25) is 4.79 Å². The van der Waals surface area contributed by atoms with Crippen molar-refractivity contribution in [1.29, 1.82) is 0 Å². The van der Waals surface area contributed by atoms with Gasteiger partial charge in [0.1, 0.15) is 0 Å². The van der Waals surface area contributed by atoms with Gasteiger partial charge in [-0.1, -0.05) is 31.7 Å². The highest BCUT2D eigenvalue weighted by molar-refractivity contribution is 5.78. The van der Waals surface area contributed by atoms with Crippen molar-refractivity contribution >= 4 is 11.6 Å². The van der Waals surface area contributed by atoms with Crippen LogP contribution in [0.25, 0.3) is 0 Å². The number of carbonyl (C=O) groups is 1. The van der Waals surface area contributed by atoms with E-state index in [9.17, 15) is 9.18 Å². The molecule has 1 aliphatic carbocycles. The zero-order valence-electron chi connectivity index (χ0n) is 11.5. The van der Waals surface area contributed by atoms with Gasteiger partial charge in [-0.15, -0.1) is 0 Å². The summed E-state index contributed by atoms with van der Waals surface area (Å²) in [6, 6.07) is 4.52. The van der Waals surface area contributed by atoms with Crippen LogP contribution in [0.2, 0.25) is 0 Å². The zero-order valence-corrected chi connectivity index (χ0v) is 11.5. The highest BCUT2D eigenvalue weighted by Gasteiger charge is 2.16. The lowest BCUT2D eigenvalue weighted by Gasteiger charge is -2.16. The molecule has 0 bridgehead atoms. The van der Waals surface area contributed by atoms with Gasteiger partial charge in [-0.2, -0.15) is 0 Å². The Kier molecular flexibility index (Phi) is 5.21. The molecule has 0 spiro atoms. The van der Waals surface area contributed by atoms with Crippen LogP contribution in [-0.2, 0) is 4.79 Å². The Balaban J connectivity index is 1.82. The van der Waals surface area contributed by atoms with Crippen molar-refractivity contribution in [1.82, 2.24) is 5.32 Å². The lowest BCUT2D eigenvalue weighted by Crippen LogP contribution is -2.37. The van der Waals surface area contributed by atoms with E-state index in [1.165, 1.54) is 25.0 Å². The molecule has 1 aromatic carbocycles. The fourth-order valence-corrected chi connectivity index (χ4v) is 2.51. The fourth-order valence-electron chi connectivity index (χ4n) is 2.51. The molecular formula is C15H21FN2O2. The van der Waals surface area contributed by atoms with Crippen LogP contribution in [-0.4, -0.2) is 18.6 Å². The Morgan fingerprint density at radius 3 is 2.65 bits per heavy atom. The first kappa shape index (κ1) is 14.6. The van der Waals surface area contributed by atoms with Crippen molar-refractivity contribution in [3.8, 4) is 5.75 Å². The van der Waals surface area contributed by atoms with Crippen molar-refractivity contribution in [3.05, 3.63) is 24.0 Å². The molecule has 3 N–H and O–H groups in total. The molecule has 4 nitrogen and oxygen atoms in total.